The first-order chi connectivity index (χ1) is 14.2. The highest BCUT2D eigenvalue weighted by Gasteiger charge is 2.26. The average Bonchev–Trinajstić information content (AvgIpc) is 3.25. The van der Waals surface area contributed by atoms with E-state index in [9.17, 15) is 10.1 Å². The summed E-state index contributed by atoms with van der Waals surface area (Å²) in [4.78, 5) is 14.1. The molecule has 154 valence electrons. The molecule has 1 saturated carbocycles. The SMILES string of the molecule is C[C@H](Sc1nnnn1C1CCCCC1)C(=O)Nc1sc2c(c1C#N)CCCCC2. The number of rotatable bonds is 5. The molecule has 7 nitrogen and oxygen atoms in total. The number of nitrogens with one attached hydrogen (secondary N) is 1. The summed E-state index contributed by atoms with van der Waals surface area (Å²) in [5, 5.41) is 25.9. The summed E-state index contributed by atoms with van der Waals surface area (Å²) in [5.74, 6) is -0.110. The van der Waals surface area contributed by atoms with Gasteiger partial charge >= 0.3 is 0 Å². The maximum Gasteiger partial charge on any atom is 0.238 e. The van der Waals surface area contributed by atoms with Crippen molar-refractivity contribution in [1.29, 1.82) is 5.26 Å². The predicted octanol–water partition coefficient (Wildman–Crippen LogP) is 4.50. The van der Waals surface area contributed by atoms with E-state index >= 15 is 0 Å². The molecule has 4 rings (SSSR count). The molecule has 29 heavy (non-hydrogen) atoms. The number of fused-ring (bicyclic) bond motifs is 1. The Morgan fingerprint density at radius 3 is 2.79 bits per heavy atom. The topological polar surface area (TPSA) is 96.5 Å². The first-order valence-corrected chi connectivity index (χ1v) is 12.2. The van der Waals surface area contributed by atoms with Crippen LogP contribution in [0.15, 0.2) is 5.16 Å². The monoisotopic (exact) mass is 430 g/mol. The largest absolute Gasteiger partial charge is 0.316 e. The van der Waals surface area contributed by atoms with Crippen LogP contribution in [0, 0.1) is 11.3 Å². The number of hydrogen-bond donors (Lipinski definition) is 1. The highest BCUT2D eigenvalue weighted by molar-refractivity contribution is 8.00. The van der Waals surface area contributed by atoms with Gasteiger partial charge in [0.2, 0.25) is 11.1 Å². The van der Waals surface area contributed by atoms with E-state index < -0.39 is 0 Å². The van der Waals surface area contributed by atoms with Crippen molar-refractivity contribution < 1.29 is 4.79 Å². The molecule has 2 heterocycles. The molecule has 1 amide bonds. The number of tetrazole rings is 1. The Kier molecular flexibility index (Phi) is 6.50. The third kappa shape index (κ3) is 4.48. The molecule has 0 radical (unpaired) electrons. The lowest BCUT2D eigenvalue weighted by Gasteiger charge is -2.22. The van der Waals surface area contributed by atoms with E-state index in [0.29, 0.717) is 21.8 Å². The van der Waals surface area contributed by atoms with Gasteiger partial charge < -0.3 is 5.32 Å². The molecule has 1 N–H and O–H groups in total. The van der Waals surface area contributed by atoms with Crippen molar-refractivity contribution in [3.8, 4) is 6.07 Å². The lowest BCUT2D eigenvalue weighted by atomic mass is 9.96. The van der Waals surface area contributed by atoms with Crippen LogP contribution >= 0.6 is 23.1 Å². The smallest absolute Gasteiger partial charge is 0.238 e. The Bertz CT molecular complexity index is 909. The summed E-state index contributed by atoms with van der Waals surface area (Å²) in [7, 11) is 0. The van der Waals surface area contributed by atoms with E-state index in [4.69, 9.17) is 0 Å². The standard InChI is InChI=1S/C20H26N6OS2/c1-13(28-20-23-24-25-26(20)14-8-4-2-5-9-14)18(27)22-19-16(12-21)15-10-6-3-7-11-17(15)29-19/h13-14H,2-11H2,1H3,(H,22,27)/t13-/m0/s1. The van der Waals surface area contributed by atoms with E-state index in [1.807, 2.05) is 11.6 Å². The van der Waals surface area contributed by atoms with Gasteiger partial charge in [-0.25, -0.2) is 4.68 Å². The molecule has 0 bridgehead atoms. The van der Waals surface area contributed by atoms with Crippen LogP contribution < -0.4 is 5.32 Å². The Morgan fingerprint density at radius 1 is 1.24 bits per heavy atom. The number of hydrogen-bond acceptors (Lipinski definition) is 7. The fourth-order valence-corrected chi connectivity index (χ4v) is 6.29. The van der Waals surface area contributed by atoms with Crippen LogP contribution in [-0.2, 0) is 17.6 Å². The third-order valence-electron chi connectivity index (χ3n) is 5.80. The summed E-state index contributed by atoms with van der Waals surface area (Å²) in [6.07, 6.45) is 11.3. The molecule has 2 aromatic heterocycles. The van der Waals surface area contributed by atoms with Gasteiger partial charge in [-0.3, -0.25) is 4.79 Å². The Balaban J connectivity index is 1.45. The minimum absolute atomic E-state index is 0.110. The van der Waals surface area contributed by atoms with Crippen molar-refractivity contribution in [2.75, 3.05) is 5.32 Å². The zero-order valence-corrected chi connectivity index (χ0v) is 18.3. The lowest BCUT2D eigenvalue weighted by Crippen LogP contribution is -2.23. The Morgan fingerprint density at radius 2 is 2.00 bits per heavy atom. The number of aryl methyl sites for hydroxylation is 1. The van der Waals surface area contributed by atoms with Gasteiger partial charge in [0, 0.05) is 4.88 Å². The zero-order valence-electron chi connectivity index (χ0n) is 16.7. The van der Waals surface area contributed by atoms with Crippen LogP contribution in [0.25, 0.3) is 0 Å². The van der Waals surface area contributed by atoms with Crippen LogP contribution in [0.5, 0.6) is 0 Å². The number of carbonyl (C=O) groups is 1. The van der Waals surface area contributed by atoms with E-state index in [1.165, 1.54) is 42.3 Å². The molecular weight excluding hydrogens is 404 g/mol. The number of nitrogens with zero attached hydrogens (tertiary/aromatic N) is 5. The molecule has 0 aliphatic heterocycles. The third-order valence-corrected chi connectivity index (χ3v) is 8.06. The molecule has 0 saturated heterocycles. The second-order valence-electron chi connectivity index (χ2n) is 7.83. The molecule has 2 aliphatic carbocycles. The lowest BCUT2D eigenvalue weighted by molar-refractivity contribution is -0.115. The Hall–Kier alpha value is -1.92. The van der Waals surface area contributed by atoms with E-state index in [2.05, 4.69) is 26.9 Å². The van der Waals surface area contributed by atoms with Crippen molar-refractivity contribution in [2.45, 2.75) is 87.6 Å². The van der Waals surface area contributed by atoms with Gasteiger partial charge in [0.05, 0.1) is 16.9 Å². The number of nitriles is 1. The van der Waals surface area contributed by atoms with Crippen molar-refractivity contribution in [3.63, 3.8) is 0 Å². The average molecular weight is 431 g/mol. The predicted molar refractivity (Wildman–Crippen MR) is 114 cm³/mol. The molecule has 2 aliphatic rings. The van der Waals surface area contributed by atoms with Gasteiger partial charge in [-0.1, -0.05) is 37.4 Å². The minimum atomic E-state index is -0.350. The van der Waals surface area contributed by atoms with Crippen molar-refractivity contribution in [2.24, 2.45) is 0 Å². The quantitative estimate of drug-likeness (QED) is 0.554. The highest BCUT2D eigenvalue weighted by Crippen LogP contribution is 2.37. The summed E-state index contributed by atoms with van der Waals surface area (Å²) < 4.78 is 1.89. The van der Waals surface area contributed by atoms with Gasteiger partial charge in [0.25, 0.3) is 0 Å². The summed E-state index contributed by atoms with van der Waals surface area (Å²) >= 11 is 2.96. The van der Waals surface area contributed by atoms with E-state index in [1.54, 1.807) is 11.3 Å². The summed E-state index contributed by atoms with van der Waals surface area (Å²) in [5.41, 5.74) is 1.80. The highest BCUT2D eigenvalue weighted by atomic mass is 32.2. The van der Waals surface area contributed by atoms with Crippen LogP contribution in [0.1, 0.15) is 80.3 Å². The van der Waals surface area contributed by atoms with Gasteiger partial charge in [-0.2, -0.15) is 5.26 Å². The second kappa shape index (κ2) is 9.26. The fourth-order valence-electron chi connectivity index (χ4n) is 4.19. The van der Waals surface area contributed by atoms with Gasteiger partial charge in [-0.15, -0.1) is 16.4 Å². The fraction of sp³-hybridized carbons (Fsp3) is 0.650. The van der Waals surface area contributed by atoms with Crippen LogP contribution in [-0.4, -0.2) is 31.4 Å². The Labute approximate surface area is 179 Å². The van der Waals surface area contributed by atoms with Crippen molar-refractivity contribution >= 4 is 34.0 Å². The normalized spacial score (nSPS) is 18.5. The number of carbonyl (C=O) groups excluding carboxylic acids is 1. The van der Waals surface area contributed by atoms with Crippen LogP contribution in [0.4, 0.5) is 5.00 Å². The second-order valence-corrected chi connectivity index (χ2v) is 10.2. The molecule has 0 unspecified atom stereocenters. The van der Waals surface area contributed by atoms with Crippen molar-refractivity contribution in [1.82, 2.24) is 20.2 Å². The first-order valence-electron chi connectivity index (χ1n) is 10.5. The molecule has 9 heteroatoms. The number of thioether (sulfide) groups is 1. The summed E-state index contributed by atoms with van der Waals surface area (Å²) in [6, 6.07) is 2.65. The molecule has 0 aromatic carbocycles. The van der Waals surface area contributed by atoms with E-state index in [0.717, 1.165) is 44.1 Å². The number of aromatic nitrogens is 4. The van der Waals surface area contributed by atoms with Gasteiger partial charge in [0.1, 0.15) is 11.1 Å². The van der Waals surface area contributed by atoms with Gasteiger partial charge in [0.15, 0.2) is 0 Å². The number of thiophene rings is 1. The molecule has 1 fully saturated rings. The van der Waals surface area contributed by atoms with Crippen LogP contribution in [0.3, 0.4) is 0 Å². The van der Waals surface area contributed by atoms with Crippen molar-refractivity contribution in [3.05, 3.63) is 16.0 Å². The zero-order chi connectivity index (χ0) is 20.2. The van der Waals surface area contributed by atoms with E-state index in [-0.39, 0.29) is 11.2 Å². The molecular formula is C20H26N6OS2. The number of anilines is 1. The maximum atomic E-state index is 12.9. The maximum absolute atomic E-state index is 12.9. The summed E-state index contributed by atoms with van der Waals surface area (Å²) in [6.45, 7) is 1.87. The minimum Gasteiger partial charge on any atom is -0.316 e. The number of amides is 1. The van der Waals surface area contributed by atoms with Gasteiger partial charge in [-0.05, 0) is 61.4 Å². The van der Waals surface area contributed by atoms with Crippen LogP contribution in [0.2, 0.25) is 0 Å². The molecule has 2 aromatic rings. The first kappa shape index (κ1) is 20.4. The molecule has 0 spiro atoms. The molecule has 1 atom stereocenters.